The number of amides is 2. The van der Waals surface area contributed by atoms with Gasteiger partial charge in [0, 0.05) is 34.6 Å². The number of carbonyl (C=O) groups excluding carboxylic acids is 2. The Morgan fingerprint density at radius 2 is 1.47 bits per heavy atom. The number of hydrogen-bond donors (Lipinski definition) is 1. The third kappa shape index (κ3) is 8.99. The molecule has 0 fully saturated rings. The first-order valence-corrected chi connectivity index (χ1v) is 17.5. The second-order valence-corrected chi connectivity index (χ2v) is 14.0. The third-order valence-electron chi connectivity index (χ3n) is 7.70. The largest absolute Gasteiger partial charge is 0.495 e. The summed E-state index contributed by atoms with van der Waals surface area (Å²) in [5.41, 5.74) is 1.35. The Morgan fingerprint density at radius 3 is 2.04 bits per heavy atom. The van der Waals surface area contributed by atoms with Crippen LogP contribution in [0.2, 0.25) is 15.1 Å². The van der Waals surface area contributed by atoms with Crippen LogP contribution in [0.4, 0.5) is 5.69 Å². The van der Waals surface area contributed by atoms with Crippen LogP contribution < -0.4 is 14.4 Å². The molecule has 0 aromatic heterocycles. The van der Waals surface area contributed by atoms with Crippen LogP contribution in [-0.2, 0) is 32.6 Å². The highest BCUT2D eigenvalue weighted by atomic mass is 35.5. The summed E-state index contributed by atoms with van der Waals surface area (Å²) in [6.07, 6.45) is 0.812. The fraction of sp³-hybridized carbons (Fsp3) is 0.257. The molecule has 0 aliphatic rings. The summed E-state index contributed by atoms with van der Waals surface area (Å²) >= 11 is 19.6. The molecule has 0 aliphatic heterocycles. The van der Waals surface area contributed by atoms with E-state index >= 15 is 0 Å². The van der Waals surface area contributed by atoms with Crippen LogP contribution in [0.5, 0.6) is 5.75 Å². The summed E-state index contributed by atoms with van der Waals surface area (Å²) in [5, 5.41) is 3.75. The summed E-state index contributed by atoms with van der Waals surface area (Å²) < 4.78 is 34.6. The Hall–Kier alpha value is -3.76. The van der Waals surface area contributed by atoms with Crippen LogP contribution in [0.25, 0.3) is 0 Å². The predicted octanol–water partition coefficient (Wildman–Crippen LogP) is 7.41. The number of halogens is 3. The summed E-state index contributed by atoms with van der Waals surface area (Å²) in [4.78, 5) is 29.9. The van der Waals surface area contributed by atoms with Crippen LogP contribution in [0.3, 0.4) is 0 Å². The maximum absolute atomic E-state index is 14.6. The number of rotatable bonds is 14. The first-order valence-electron chi connectivity index (χ1n) is 14.9. The molecule has 0 unspecified atom stereocenters. The molecule has 0 aliphatic carbocycles. The predicted molar refractivity (Wildman–Crippen MR) is 188 cm³/mol. The molecular weight excluding hydrogens is 681 g/mol. The van der Waals surface area contributed by atoms with E-state index in [0.29, 0.717) is 27.8 Å². The lowest BCUT2D eigenvalue weighted by Gasteiger charge is -2.34. The standard InChI is InChI=1S/C35H36Cl3N3O5S/c1-4-24(2)39-35(43)32(20-25-12-7-5-8-13-25)40(22-28-29(36)16-11-17-30(28)37)34(42)23-41(26-18-19-33(46-3)31(38)21-26)47(44,45)27-14-9-6-10-15-27/h5-19,21,24,32H,4,20,22-23H2,1-3H3,(H,39,43)/t24-,32-/m0/s1. The molecule has 47 heavy (non-hydrogen) atoms. The van der Waals surface area contributed by atoms with E-state index in [9.17, 15) is 18.0 Å². The Bertz CT molecular complexity index is 1770. The minimum Gasteiger partial charge on any atom is -0.495 e. The molecule has 8 nitrogen and oxygen atoms in total. The highest BCUT2D eigenvalue weighted by Crippen LogP contribution is 2.33. The van der Waals surface area contributed by atoms with Crippen LogP contribution in [0, 0.1) is 0 Å². The molecular formula is C35H36Cl3N3O5S. The van der Waals surface area contributed by atoms with Crippen LogP contribution in [-0.4, -0.2) is 50.9 Å². The fourth-order valence-corrected chi connectivity index (χ4v) is 7.10. The van der Waals surface area contributed by atoms with E-state index in [2.05, 4.69) is 5.32 Å². The quantitative estimate of drug-likeness (QED) is 0.147. The van der Waals surface area contributed by atoms with Gasteiger partial charge in [-0.1, -0.05) is 96.3 Å². The number of ether oxygens (including phenoxy) is 1. The van der Waals surface area contributed by atoms with Crippen molar-refractivity contribution in [3.63, 3.8) is 0 Å². The van der Waals surface area contributed by atoms with E-state index in [1.807, 2.05) is 44.2 Å². The van der Waals surface area contributed by atoms with Gasteiger partial charge in [0.2, 0.25) is 11.8 Å². The number of benzene rings is 4. The maximum Gasteiger partial charge on any atom is 0.264 e. The van der Waals surface area contributed by atoms with Gasteiger partial charge in [0.1, 0.15) is 18.3 Å². The zero-order valence-electron chi connectivity index (χ0n) is 26.2. The number of carbonyl (C=O) groups is 2. The highest BCUT2D eigenvalue weighted by molar-refractivity contribution is 7.92. The molecule has 12 heteroatoms. The van der Waals surface area contributed by atoms with E-state index in [-0.39, 0.29) is 34.6 Å². The molecule has 0 heterocycles. The van der Waals surface area contributed by atoms with Gasteiger partial charge in [0.25, 0.3) is 10.0 Å². The molecule has 4 aromatic rings. The molecule has 0 saturated carbocycles. The van der Waals surface area contributed by atoms with E-state index in [0.717, 1.165) is 9.87 Å². The first kappa shape index (κ1) is 36.1. The normalized spacial score (nSPS) is 12.6. The second-order valence-electron chi connectivity index (χ2n) is 10.9. The van der Waals surface area contributed by atoms with E-state index in [4.69, 9.17) is 39.5 Å². The van der Waals surface area contributed by atoms with Crippen molar-refractivity contribution in [2.24, 2.45) is 0 Å². The molecule has 0 saturated heterocycles. The number of nitrogens with zero attached hydrogens (tertiary/aromatic N) is 2. The zero-order chi connectivity index (χ0) is 34.1. The smallest absolute Gasteiger partial charge is 0.264 e. The van der Waals surface area contributed by atoms with Crippen LogP contribution >= 0.6 is 34.8 Å². The molecule has 0 bridgehead atoms. The Morgan fingerprint density at radius 1 is 0.851 bits per heavy atom. The highest BCUT2D eigenvalue weighted by Gasteiger charge is 2.35. The molecule has 4 rings (SSSR count). The van der Waals surface area contributed by atoms with Crippen molar-refractivity contribution in [1.29, 1.82) is 0 Å². The fourth-order valence-electron chi connectivity index (χ4n) is 4.91. The zero-order valence-corrected chi connectivity index (χ0v) is 29.3. The molecule has 2 amide bonds. The van der Waals surface area contributed by atoms with Crippen molar-refractivity contribution in [1.82, 2.24) is 10.2 Å². The van der Waals surface area contributed by atoms with Crippen molar-refractivity contribution >= 4 is 62.3 Å². The van der Waals surface area contributed by atoms with Gasteiger partial charge in [0.05, 0.1) is 22.7 Å². The average molecular weight is 717 g/mol. The van der Waals surface area contributed by atoms with Gasteiger partial charge in [-0.15, -0.1) is 0 Å². The number of nitrogens with one attached hydrogen (secondary N) is 1. The summed E-state index contributed by atoms with van der Waals surface area (Å²) in [5.74, 6) is -0.726. The summed E-state index contributed by atoms with van der Waals surface area (Å²) in [6.45, 7) is 2.99. The van der Waals surface area contributed by atoms with Gasteiger partial charge in [-0.2, -0.15) is 0 Å². The lowest BCUT2D eigenvalue weighted by molar-refractivity contribution is -0.140. The third-order valence-corrected chi connectivity index (χ3v) is 10.5. The number of methoxy groups -OCH3 is 1. The van der Waals surface area contributed by atoms with Gasteiger partial charge in [-0.05, 0) is 61.4 Å². The van der Waals surface area contributed by atoms with Gasteiger partial charge in [-0.25, -0.2) is 8.42 Å². The topological polar surface area (TPSA) is 96.0 Å². The molecule has 2 atom stereocenters. The molecule has 0 spiro atoms. The minimum absolute atomic E-state index is 0.0317. The summed E-state index contributed by atoms with van der Waals surface area (Å²) in [6, 6.07) is 25.2. The van der Waals surface area contributed by atoms with Crippen molar-refractivity contribution in [2.45, 2.75) is 50.2 Å². The SMILES string of the molecule is CC[C@H](C)NC(=O)[C@H](Cc1ccccc1)N(Cc1c(Cl)cccc1Cl)C(=O)CN(c1ccc(OC)c(Cl)c1)S(=O)(=O)c1ccccc1. The van der Waals surface area contributed by atoms with E-state index < -0.39 is 34.4 Å². The Labute approximate surface area is 291 Å². The summed E-state index contributed by atoms with van der Waals surface area (Å²) in [7, 11) is -2.86. The molecule has 1 N–H and O–H groups in total. The molecule has 0 radical (unpaired) electrons. The lowest BCUT2D eigenvalue weighted by atomic mass is 10.0. The van der Waals surface area contributed by atoms with Gasteiger partial charge in [0.15, 0.2) is 0 Å². The first-order chi connectivity index (χ1) is 22.5. The number of anilines is 1. The van der Waals surface area contributed by atoms with Gasteiger partial charge in [-0.3, -0.25) is 13.9 Å². The minimum atomic E-state index is -4.30. The monoisotopic (exact) mass is 715 g/mol. The number of hydrogen-bond acceptors (Lipinski definition) is 5. The van der Waals surface area contributed by atoms with E-state index in [1.165, 1.54) is 42.3 Å². The molecule has 4 aromatic carbocycles. The second kappa shape index (κ2) is 16.4. The molecule has 248 valence electrons. The van der Waals surface area contributed by atoms with Crippen molar-refractivity contribution in [3.8, 4) is 5.75 Å². The van der Waals surface area contributed by atoms with Crippen LogP contribution in [0.15, 0.2) is 102 Å². The van der Waals surface area contributed by atoms with Crippen LogP contribution in [0.1, 0.15) is 31.4 Å². The Balaban J connectivity index is 1.86. The van der Waals surface area contributed by atoms with Crippen molar-refractivity contribution in [3.05, 3.63) is 123 Å². The Kier molecular flexibility index (Phi) is 12.6. The number of sulfonamides is 1. The van der Waals surface area contributed by atoms with Gasteiger partial charge < -0.3 is 15.0 Å². The van der Waals surface area contributed by atoms with Crippen molar-refractivity contribution in [2.75, 3.05) is 18.0 Å². The van der Waals surface area contributed by atoms with Crippen molar-refractivity contribution < 1.29 is 22.7 Å². The van der Waals surface area contributed by atoms with E-state index in [1.54, 1.807) is 36.4 Å². The average Bonchev–Trinajstić information content (AvgIpc) is 3.06. The maximum atomic E-state index is 14.6. The lowest BCUT2D eigenvalue weighted by Crippen LogP contribution is -2.54. The van der Waals surface area contributed by atoms with Gasteiger partial charge >= 0.3 is 0 Å².